The second kappa shape index (κ2) is 7.57. The van der Waals surface area contributed by atoms with Crippen molar-refractivity contribution in [1.82, 2.24) is 15.4 Å². The molecule has 0 saturated carbocycles. The first-order valence-electron chi connectivity index (χ1n) is 10.1. The van der Waals surface area contributed by atoms with Crippen LogP contribution in [0.4, 0.5) is 5.69 Å². The summed E-state index contributed by atoms with van der Waals surface area (Å²) in [5, 5.41) is 17.9. The van der Waals surface area contributed by atoms with E-state index >= 15 is 0 Å². The standard InChI is InChI=1S/C22H21N5O4S/c1-13-10-16-11-17(32(23,28)29)8-9-18(16)27(13)12-19-24-25-22(30-19)20-14(2)31-26-21(20)15-6-4-3-5-7-15/h3-9,11,13H,10,12H2,1-2H3,(H2,23,28,29). The third kappa shape index (κ3) is 3.57. The molecular weight excluding hydrogens is 430 g/mol. The number of aryl methyl sites for hydroxylation is 1. The number of nitrogens with zero attached hydrogens (tertiary/aromatic N) is 4. The van der Waals surface area contributed by atoms with Crippen molar-refractivity contribution >= 4 is 15.7 Å². The van der Waals surface area contributed by atoms with Gasteiger partial charge in [0.1, 0.15) is 17.0 Å². The molecule has 1 atom stereocenters. The summed E-state index contributed by atoms with van der Waals surface area (Å²) in [7, 11) is -3.75. The van der Waals surface area contributed by atoms with Crippen LogP contribution in [0.5, 0.6) is 0 Å². The molecule has 2 N–H and O–H groups in total. The number of hydrogen-bond donors (Lipinski definition) is 1. The van der Waals surface area contributed by atoms with E-state index in [2.05, 4.69) is 27.2 Å². The minimum absolute atomic E-state index is 0.113. The summed E-state index contributed by atoms with van der Waals surface area (Å²) in [6.07, 6.45) is 0.697. The van der Waals surface area contributed by atoms with Crippen LogP contribution in [0.15, 0.2) is 62.4 Å². The number of aromatic nitrogens is 3. The fourth-order valence-corrected chi connectivity index (χ4v) is 4.64. The molecule has 3 heterocycles. The molecular formula is C22H21N5O4S. The average Bonchev–Trinajstić information content (AvgIpc) is 3.45. The number of fused-ring (bicyclic) bond motifs is 1. The van der Waals surface area contributed by atoms with E-state index in [1.54, 1.807) is 19.1 Å². The Bertz CT molecular complexity index is 1390. The van der Waals surface area contributed by atoms with Crippen LogP contribution < -0.4 is 10.0 Å². The third-order valence-corrected chi connectivity index (χ3v) is 6.54. The van der Waals surface area contributed by atoms with Crippen LogP contribution in [0.25, 0.3) is 22.7 Å². The Labute approximate surface area is 184 Å². The van der Waals surface area contributed by atoms with Crippen LogP contribution in [0.1, 0.15) is 24.1 Å². The molecule has 0 amide bonds. The molecule has 9 nitrogen and oxygen atoms in total. The van der Waals surface area contributed by atoms with Gasteiger partial charge >= 0.3 is 0 Å². The summed E-state index contributed by atoms with van der Waals surface area (Å²) in [5.74, 6) is 1.37. The first-order valence-corrected chi connectivity index (χ1v) is 11.6. The smallest absolute Gasteiger partial charge is 0.253 e. The van der Waals surface area contributed by atoms with Crippen molar-refractivity contribution in [3.8, 4) is 22.7 Å². The second-order valence-electron chi connectivity index (χ2n) is 7.85. The molecule has 1 unspecified atom stereocenters. The predicted octanol–water partition coefficient (Wildman–Crippen LogP) is 3.30. The zero-order valence-corrected chi connectivity index (χ0v) is 18.3. The summed E-state index contributed by atoms with van der Waals surface area (Å²) in [6.45, 7) is 4.26. The van der Waals surface area contributed by atoms with Gasteiger partial charge in [-0.2, -0.15) is 0 Å². The fourth-order valence-electron chi connectivity index (χ4n) is 4.07. The van der Waals surface area contributed by atoms with E-state index in [4.69, 9.17) is 14.1 Å². The van der Waals surface area contributed by atoms with E-state index in [-0.39, 0.29) is 10.9 Å². The average molecular weight is 452 g/mol. The quantitative estimate of drug-likeness (QED) is 0.489. The normalized spacial score (nSPS) is 15.8. The SMILES string of the molecule is Cc1onc(-c2ccccc2)c1-c1nnc(CN2c3ccc(S(N)(=O)=O)cc3CC2C)o1. The molecule has 4 aromatic rings. The summed E-state index contributed by atoms with van der Waals surface area (Å²) in [4.78, 5) is 2.22. The Morgan fingerprint density at radius 2 is 1.94 bits per heavy atom. The van der Waals surface area contributed by atoms with E-state index in [9.17, 15) is 8.42 Å². The van der Waals surface area contributed by atoms with Gasteiger partial charge in [0.2, 0.25) is 15.9 Å². The molecule has 5 rings (SSSR count). The highest BCUT2D eigenvalue weighted by Gasteiger charge is 2.29. The number of primary sulfonamides is 1. The third-order valence-electron chi connectivity index (χ3n) is 5.63. The first-order chi connectivity index (χ1) is 15.3. The van der Waals surface area contributed by atoms with Crippen LogP contribution in [-0.4, -0.2) is 29.8 Å². The first kappa shape index (κ1) is 20.4. The number of rotatable bonds is 5. The highest BCUT2D eigenvalue weighted by Crippen LogP contribution is 2.36. The van der Waals surface area contributed by atoms with Gasteiger partial charge in [0.25, 0.3) is 5.89 Å². The summed E-state index contributed by atoms with van der Waals surface area (Å²) >= 11 is 0. The van der Waals surface area contributed by atoms with Crippen molar-refractivity contribution in [2.75, 3.05) is 4.90 Å². The minimum Gasteiger partial charge on any atom is -0.419 e. The Morgan fingerprint density at radius 3 is 2.69 bits per heavy atom. The lowest BCUT2D eigenvalue weighted by atomic mass is 10.1. The van der Waals surface area contributed by atoms with Crippen molar-refractivity contribution in [3.63, 3.8) is 0 Å². The zero-order chi connectivity index (χ0) is 22.5. The van der Waals surface area contributed by atoms with Gasteiger partial charge in [-0.15, -0.1) is 10.2 Å². The summed E-state index contributed by atoms with van der Waals surface area (Å²) < 4.78 is 34.8. The lowest BCUT2D eigenvalue weighted by Gasteiger charge is -2.22. The molecule has 1 aliphatic rings. The van der Waals surface area contributed by atoms with Crippen molar-refractivity contribution in [2.45, 2.75) is 37.8 Å². The molecule has 10 heteroatoms. The molecule has 0 saturated heterocycles. The van der Waals surface area contributed by atoms with Gasteiger partial charge in [-0.3, -0.25) is 0 Å². The number of nitrogens with two attached hydrogens (primary N) is 1. The maximum absolute atomic E-state index is 11.7. The highest BCUT2D eigenvalue weighted by molar-refractivity contribution is 7.89. The monoisotopic (exact) mass is 451 g/mol. The Kier molecular flexibility index (Phi) is 4.83. The predicted molar refractivity (Wildman–Crippen MR) is 117 cm³/mol. The molecule has 0 radical (unpaired) electrons. The fraction of sp³-hybridized carbons (Fsp3) is 0.227. The molecule has 164 valence electrons. The number of hydrogen-bond acceptors (Lipinski definition) is 8. The molecule has 2 aromatic carbocycles. The summed E-state index contributed by atoms with van der Waals surface area (Å²) in [6, 6.07) is 14.7. The molecule has 32 heavy (non-hydrogen) atoms. The molecule has 0 aliphatic carbocycles. The van der Waals surface area contributed by atoms with E-state index in [0.717, 1.165) is 16.8 Å². The largest absolute Gasteiger partial charge is 0.419 e. The second-order valence-corrected chi connectivity index (χ2v) is 9.41. The Balaban J connectivity index is 1.44. The molecule has 0 spiro atoms. The van der Waals surface area contributed by atoms with Gasteiger partial charge < -0.3 is 13.8 Å². The van der Waals surface area contributed by atoms with Gasteiger partial charge in [0, 0.05) is 17.3 Å². The van der Waals surface area contributed by atoms with Crippen LogP contribution in [0.3, 0.4) is 0 Å². The topological polar surface area (TPSA) is 128 Å². The van der Waals surface area contributed by atoms with Gasteiger partial charge in [-0.05, 0) is 44.0 Å². The molecule has 0 bridgehead atoms. The van der Waals surface area contributed by atoms with E-state index < -0.39 is 10.0 Å². The van der Waals surface area contributed by atoms with E-state index in [1.165, 1.54) is 6.07 Å². The molecule has 2 aromatic heterocycles. The maximum atomic E-state index is 11.7. The lowest BCUT2D eigenvalue weighted by Crippen LogP contribution is -2.28. The number of anilines is 1. The van der Waals surface area contributed by atoms with Crippen molar-refractivity contribution in [3.05, 3.63) is 65.7 Å². The number of benzene rings is 2. The van der Waals surface area contributed by atoms with Crippen molar-refractivity contribution in [1.29, 1.82) is 0 Å². The van der Waals surface area contributed by atoms with E-state index in [0.29, 0.717) is 41.8 Å². The van der Waals surface area contributed by atoms with Gasteiger partial charge in [-0.1, -0.05) is 35.5 Å². The van der Waals surface area contributed by atoms with Crippen LogP contribution >= 0.6 is 0 Å². The van der Waals surface area contributed by atoms with Crippen LogP contribution in [0.2, 0.25) is 0 Å². The maximum Gasteiger partial charge on any atom is 0.253 e. The van der Waals surface area contributed by atoms with Gasteiger partial charge in [0.15, 0.2) is 0 Å². The van der Waals surface area contributed by atoms with E-state index in [1.807, 2.05) is 30.3 Å². The number of sulfonamides is 1. The van der Waals surface area contributed by atoms with Crippen LogP contribution in [0, 0.1) is 6.92 Å². The van der Waals surface area contributed by atoms with Gasteiger partial charge in [-0.25, -0.2) is 13.6 Å². The summed E-state index contributed by atoms with van der Waals surface area (Å²) in [5.41, 5.74) is 4.06. The molecule has 1 aliphatic heterocycles. The lowest BCUT2D eigenvalue weighted by molar-refractivity contribution is 0.399. The van der Waals surface area contributed by atoms with Crippen molar-refractivity contribution < 1.29 is 17.4 Å². The van der Waals surface area contributed by atoms with Crippen LogP contribution in [-0.2, 0) is 23.0 Å². The minimum atomic E-state index is -3.75. The van der Waals surface area contributed by atoms with Gasteiger partial charge in [0.05, 0.1) is 11.4 Å². The highest BCUT2D eigenvalue weighted by atomic mass is 32.2. The van der Waals surface area contributed by atoms with Crippen molar-refractivity contribution in [2.24, 2.45) is 5.14 Å². The molecule has 0 fully saturated rings. The Hall–Kier alpha value is -3.50. The zero-order valence-electron chi connectivity index (χ0n) is 17.5. The Morgan fingerprint density at radius 1 is 1.16 bits per heavy atom.